The van der Waals surface area contributed by atoms with Gasteiger partial charge in [-0.05, 0) is 35.4 Å². The molecule has 0 aliphatic heterocycles. The van der Waals surface area contributed by atoms with Gasteiger partial charge >= 0.3 is 0 Å². The number of nitrogens with one attached hydrogen (secondary N) is 2. The molecule has 0 aliphatic rings. The van der Waals surface area contributed by atoms with E-state index in [1.165, 1.54) is 36.7 Å². The molecule has 0 aromatic heterocycles. The van der Waals surface area contributed by atoms with Gasteiger partial charge in [0.15, 0.2) is 0 Å². The van der Waals surface area contributed by atoms with Gasteiger partial charge in [-0.3, -0.25) is 29.8 Å². The number of benzene rings is 3. The van der Waals surface area contributed by atoms with E-state index in [9.17, 15) is 29.8 Å². The monoisotopic (exact) mass is 528 g/mol. The standard InChI is InChI=1S/C22H14Cl2N6O6/c23-17-7-5-15(9-19(17)29(33)34)21(31)27-25-11-13-1-2-14(4-3-13)12-26-28-22(32)16-6-8-18(24)20(10-16)30(35)36/h1-12H,(H,27,31)(H,28,32)/b25-11+,26-12+. The summed E-state index contributed by atoms with van der Waals surface area (Å²) in [4.78, 5) is 44.8. The predicted octanol–water partition coefficient (Wildman–Crippen LogP) is 4.34. The summed E-state index contributed by atoms with van der Waals surface area (Å²) in [5.74, 6) is -1.31. The van der Waals surface area contributed by atoms with Gasteiger partial charge in [0.25, 0.3) is 23.2 Å². The number of amides is 2. The summed E-state index contributed by atoms with van der Waals surface area (Å²) in [5.41, 5.74) is 5.02. The Morgan fingerprint density at radius 1 is 0.694 bits per heavy atom. The maximum absolute atomic E-state index is 12.1. The van der Waals surface area contributed by atoms with E-state index in [0.29, 0.717) is 11.1 Å². The second-order valence-corrected chi connectivity index (χ2v) is 7.73. The molecule has 3 aromatic carbocycles. The number of hydrazone groups is 2. The minimum atomic E-state index is -0.692. The molecular formula is C22H14Cl2N6O6. The van der Waals surface area contributed by atoms with E-state index < -0.39 is 33.0 Å². The van der Waals surface area contributed by atoms with Crippen LogP contribution in [0.3, 0.4) is 0 Å². The Morgan fingerprint density at radius 2 is 1.06 bits per heavy atom. The molecule has 0 saturated carbocycles. The molecule has 182 valence electrons. The predicted molar refractivity (Wildman–Crippen MR) is 133 cm³/mol. The molecule has 0 atom stereocenters. The molecule has 2 N–H and O–H groups in total. The third-order valence-electron chi connectivity index (χ3n) is 4.51. The van der Waals surface area contributed by atoms with Crippen molar-refractivity contribution in [1.82, 2.24) is 10.9 Å². The molecule has 0 fully saturated rings. The first-order valence-electron chi connectivity index (χ1n) is 9.80. The minimum absolute atomic E-state index is 0.0186. The normalized spacial score (nSPS) is 10.9. The number of nitrogens with zero attached hydrogens (tertiary/aromatic N) is 4. The second kappa shape index (κ2) is 11.6. The summed E-state index contributed by atoms with van der Waals surface area (Å²) in [6, 6.07) is 13.9. The van der Waals surface area contributed by atoms with Crippen molar-refractivity contribution < 1.29 is 19.4 Å². The Bertz CT molecular complexity index is 1300. The molecule has 0 radical (unpaired) electrons. The molecule has 3 rings (SSSR count). The van der Waals surface area contributed by atoms with Crippen molar-refractivity contribution in [2.24, 2.45) is 10.2 Å². The first kappa shape index (κ1) is 25.9. The van der Waals surface area contributed by atoms with Gasteiger partial charge in [0.05, 0.1) is 22.3 Å². The van der Waals surface area contributed by atoms with Crippen molar-refractivity contribution in [1.29, 1.82) is 0 Å². The highest BCUT2D eigenvalue weighted by atomic mass is 35.5. The van der Waals surface area contributed by atoms with Gasteiger partial charge in [-0.15, -0.1) is 0 Å². The lowest BCUT2D eigenvalue weighted by Gasteiger charge is -2.02. The van der Waals surface area contributed by atoms with Crippen LogP contribution < -0.4 is 10.9 Å². The molecule has 0 spiro atoms. The molecule has 0 unspecified atom stereocenters. The first-order valence-corrected chi connectivity index (χ1v) is 10.6. The van der Waals surface area contributed by atoms with Crippen molar-refractivity contribution in [3.8, 4) is 0 Å². The molecule has 0 heterocycles. The summed E-state index contributed by atoms with van der Waals surface area (Å²) in [7, 11) is 0. The third kappa shape index (κ3) is 6.68. The van der Waals surface area contributed by atoms with E-state index in [4.69, 9.17) is 23.2 Å². The van der Waals surface area contributed by atoms with Crippen LogP contribution in [0.2, 0.25) is 10.0 Å². The molecular weight excluding hydrogens is 515 g/mol. The maximum Gasteiger partial charge on any atom is 0.288 e. The van der Waals surface area contributed by atoms with E-state index in [-0.39, 0.29) is 21.2 Å². The van der Waals surface area contributed by atoms with Gasteiger partial charge in [-0.1, -0.05) is 47.5 Å². The molecule has 0 bridgehead atoms. The zero-order chi connectivity index (χ0) is 26.2. The number of nitro groups is 2. The highest BCUT2D eigenvalue weighted by molar-refractivity contribution is 6.33. The maximum atomic E-state index is 12.1. The van der Waals surface area contributed by atoms with E-state index in [1.807, 2.05) is 0 Å². The van der Waals surface area contributed by atoms with Gasteiger partial charge in [0.1, 0.15) is 10.0 Å². The number of halogens is 2. The second-order valence-electron chi connectivity index (χ2n) is 6.91. The van der Waals surface area contributed by atoms with Crippen molar-refractivity contribution >= 4 is 58.8 Å². The Labute approximate surface area is 212 Å². The Balaban J connectivity index is 1.56. The van der Waals surface area contributed by atoms with Crippen LogP contribution in [0, 0.1) is 20.2 Å². The quantitative estimate of drug-likeness (QED) is 0.250. The first-order chi connectivity index (χ1) is 17.2. The summed E-state index contributed by atoms with van der Waals surface area (Å²) in [6.45, 7) is 0. The van der Waals surface area contributed by atoms with Gasteiger partial charge in [-0.25, -0.2) is 10.9 Å². The van der Waals surface area contributed by atoms with Crippen LogP contribution in [-0.2, 0) is 0 Å². The van der Waals surface area contributed by atoms with E-state index in [0.717, 1.165) is 12.1 Å². The van der Waals surface area contributed by atoms with Crippen molar-refractivity contribution in [3.63, 3.8) is 0 Å². The van der Waals surface area contributed by atoms with Crippen LogP contribution in [0.1, 0.15) is 31.8 Å². The molecule has 2 amide bonds. The van der Waals surface area contributed by atoms with E-state index in [2.05, 4.69) is 21.1 Å². The van der Waals surface area contributed by atoms with E-state index in [1.54, 1.807) is 24.3 Å². The average molecular weight is 529 g/mol. The lowest BCUT2D eigenvalue weighted by molar-refractivity contribution is -0.384. The zero-order valence-corrected chi connectivity index (χ0v) is 19.4. The Kier molecular flexibility index (Phi) is 8.39. The van der Waals surface area contributed by atoms with Crippen molar-refractivity contribution in [3.05, 3.63) is 113 Å². The average Bonchev–Trinajstić information content (AvgIpc) is 2.85. The number of hydrogen-bond donors (Lipinski definition) is 2. The lowest BCUT2D eigenvalue weighted by atomic mass is 10.2. The molecule has 3 aromatic rings. The van der Waals surface area contributed by atoms with Gasteiger partial charge in [-0.2, -0.15) is 10.2 Å². The van der Waals surface area contributed by atoms with Crippen LogP contribution in [0.4, 0.5) is 11.4 Å². The smallest absolute Gasteiger partial charge is 0.267 e. The Hall–Kier alpha value is -4.68. The van der Waals surface area contributed by atoms with Gasteiger partial charge < -0.3 is 0 Å². The fraction of sp³-hybridized carbons (Fsp3) is 0. The molecule has 14 heteroatoms. The summed E-state index contributed by atoms with van der Waals surface area (Å²) in [6.07, 6.45) is 2.72. The number of nitro benzene ring substituents is 2. The van der Waals surface area contributed by atoms with Crippen molar-refractivity contribution in [2.45, 2.75) is 0 Å². The fourth-order valence-electron chi connectivity index (χ4n) is 2.72. The number of carbonyl (C=O) groups excluding carboxylic acids is 2. The number of carbonyl (C=O) groups is 2. The van der Waals surface area contributed by atoms with Crippen LogP contribution in [0.15, 0.2) is 70.9 Å². The van der Waals surface area contributed by atoms with E-state index >= 15 is 0 Å². The SMILES string of the molecule is O=C(N/N=C/c1ccc(/C=N/NC(=O)c2ccc(Cl)c([N+](=O)[O-])c2)cc1)c1ccc(Cl)c([N+](=O)[O-])c1. The lowest BCUT2D eigenvalue weighted by Crippen LogP contribution is -2.18. The molecule has 0 aliphatic carbocycles. The molecule has 0 saturated heterocycles. The number of hydrogen-bond acceptors (Lipinski definition) is 8. The summed E-state index contributed by atoms with van der Waals surface area (Å²) < 4.78 is 0. The van der Waals surface area contributed by atoms with Crippen molar-refractivity contribution in [2.75, 3.05) is 0 Å². The van der Waals surface area contributed by atoms with Gasteiger partial charge in [0, 0.05) is 23.3 Å². The number of rotatable bonds is 8. The molecule has 36 heavy (non-hydrogen) atoms. The summed E-state index contributed by atoms with van der Waals surface area (Å²) >= 11 is 11.5. The van der Waals surface area contributed by atoms with Gasteiger partial charge in [0.2, 0.25) is 0 Å². The van der Waals surface area contributed by atoms with Crippen LogP contribution in [0.5, 0.6) is 0 Å². The summed E-state index contributed by atoms with van der Waals surface area (Å²) in [5, 5.41) is 29.3. The fourth-order valence-corrected chi connectivity index (χ4v) is 3.09. The highest BCUT2D eigenvalue weighted by Crippen LogP contribution is 2.25. The minimum Gasteiger partial charge on any atom is -0.267 e. The topological polar surface area (TPSA) is 169 Å². The van der Waals surface area contributed by atoms with Crippen LogP contribution in [0.25, 0.3) is 0 Å². The largest absolute Gasteiger partial charge is 0.288 e. The Morgan fingerprint density at radius 3 is 1.39 bits per heavy atom. The van der Waals surface area contributed by atoms with Crippen LogP contribution >= 0.6 is 23.2 Å². The molecule has 12 nitrogen and oxygen atoms in total. The van der Waals surface area contributed by atoms with Crippen LogP contribution in [-0.4, -0.2) is 34.1 Å². The zero-order valence-electron chi connectivity index (χ0n) is 17.9. The third-order valence-corrected chi connectivity index (χ3v) is 5.15. The highest BCUT2D eigenvalue weighted by Gasteiger charge is 2.17.